The molecule has 0 unspecified atom stereocenters. The zero-order valence-corrected chi connectivity index (χ0v) is 25.5. The number of ether oxygens (including phenoxy) is 2. The highest BCUT2D eigenvalue weighted by Gasteiger charge is 2.42. The van der Waals surface area contributed by atoms with Gasteiger partial charge in [-0.05, 0) is 57.3 Å². The lowest BCUT2D eigenvalue weighted by Gasteiger charge is -2.34. The van der Waals surface area contributed by atoms with Crippen LogP contribution >= 0.6 is 0 Å². The lowest BCUT2D eigenvalue weighted by molar-refractivity contribution is 0.0489. The molecule has 222 valence electrons. The van der Waals surface area contributed by atoms with Gasteiger partial charge in [0.25, 0.3) is 0 Å². The van der Waals surface area contributed by atoms with Crippen LogP contribution in [-0.2, 0) is 14.9 Å². The van der Waals surface area contributed by atoms with Gasteiger partial charge in [-0.25, -0.2) is 0 Å². The van der Waals surface area contributed by atoms with Gasteiger partial charge in [0.15, 0.2) is 0 Å². The van der Waals surface area contributed by atoms with Crippen molar-refractivity contribution in [1.29, 1.82) is 0 Å². The summed E-state index contributed by atoms with van der Waals surface area (Å²) in [6.45, 7) is 1.22. The molecule has 6 aromatic rings. The third-order valence-corrected chi connectivity index (χ3v) is 9.21. The Morgan fingerprint density at radius 1 is 0.356 bits per heavy atom. The molecule has 0 saturated heterocycles. The Kier molecular flexibility index (Phi) is 8.68. The molecule has 7 rings (SSSR count). The van der Waals surface area contributed by atoms with E-state index < -0.39 is 0 Å². The maximum atomic E-state index is 6.86. The van der Waals surface area contributed by atoms with Crippen molar-refractivity contribution in [1.82, 2.24) is 0 Å². The Morgan fingerprint density at radius 2 is 0.644 bits per heavy atom. The number of rotatable bonds is 12. The maximum Gasteiger partial charge on any atom is 0.108 e. The summed E-state index contributed by atoms with van der Waals surface area (Å²) in [5, 5.41) is 0. The van der Waals surface area contributed by atoms with Gasteiger partial charge in [-0.2, -0.15) is 0 Å². The van der Waals surface area contributed by atoms with E-state index in [0.29, 0.717) is 13.2 Å². The first-order chi connectivity index (χ1) is 22.3. The van der Waals surface area contributed by atoms with Crippen molar-refractivity contribution in [3.8, 4) is 11.1 Å². The van der Waals surface area contributed by atoms with Crippen LogP contribution in [0.1, 0.15) is 58.4 Å². The van der Waals surface area contributed by atoms with Gasteiger partial charge >= 0.3 is 0 Å². The Hall–Kier alpha value is -4.76. The van der Waals surface area contributed by atoms with Crippen molar-refractivity contribution in [2.45, 2.75) is 30.5 Å². The first-order valence-electron chi connectivity index (χ1n) is 16.0. The lowest BCUT2D eigenvalue weighted by atomic mass is 9.73. The van der Waals surface area contributed by atoms with Crippen molar-refractivity contribution in [2.75, 3.05) is 13.2 Å². The van der Waals surface area contributed by atoms with E-state index in [0.717, 1.165) is 12.8 Å². The van der Waals surface area contributed by atoms with Gasteiger partial charge in [0.1, 0.15) is 12.2 Å². The van der Waals surface area contributed by atoms with Gasteiger partial charge in [0.2, 0.25) is 0 Å². The van der Waals surface area contributed by atoms with E-state index >= 15 is 0 Å². The largest absolute Gasteiger partial charge is 0.369 e. The molecule has 0 amide bonds. The van der Waals surface area contributed by atoms with Gasteiger partial charge < -0.3 is 9.47 Å². The van der Waals surface area contributed by atoms with Crippen LogP contribution in [0.3, 0.4) is 0 Å². The predicted octanol–water partition coefficient (Wildman–Crippen LogP) is 10.3. The first-order valence-corrected chi connectivity index (χ1v) is 16.0. The van der Waals surface area contributed by atoms with Crippen molar-refractivity contribution >= 4 is 0 Å². The quantitative estimate of drug-likeness (QED) is 0.142. The van der Waals surface area contributed by atoms with E-state index in [1.165, 1.54) is 44.5 Å². The minimum Gasteiger partial charge on any atom is -0.369 e. The first kappa shape index (κ1) is 29.0. The summed E-state index contributed by atoms with van der Waals surface area (Å²) in [5.41, 5.74) is 9.81. The van der Waals surface area contributed by atoms with E-state index in [-0.39, 0.29) is 17.6 Å². The predicted molar refractivity (Wildman–Crippen MR) is 183 cm³/mol. The standard InChI is InChI=1S/C43H38O2/c1-5-17-33(18-6-1)41(34-19-7-2-8-20-34)44-31-29-43(39-27-15-13-25-37(39)38-26-14-16-28-40(38)43)30-32-45-42(35-21-9-3-10-22-35)36-23-11-4-12-24-36/h1-28,41-42H,29-32H2. The average Bonchev–Trinajstić information content (AvgIpc) is 3.40. The van der Waals surface area contributed by atoms with Gasteiger partial charge in [-0.1, -0.05) is 170 Å². The molecule has 2 heteroatoms. The fourth-order valence-corrected chi connectivity index (χ4v) is 7.06. The highest BCUT2D eigenvalue weighted by atomic mass is 16.5. The summed E-state index contributed by atoms with van der Waals surface area (Å²) in [4.78, 5) is 0. The summed E-state index contributed by atoms with van der Waals surface area (Å²) >= 11 is 0. The van der Waals surface area contributed by atoms with Gasteiger partial charge in [0.05, 0.1) is 0 Å². The summed E-state index contributed by atoms with van der Waals surface area (Å²) < 4.78 is 13.7. The van der Waals surface area contributed by atoms with E-state index in [4.69, 9.17) is 9.47 Å². The van der Waals surface area contributed by atoms with Crippen LogP contribution in [0, 0.1) is 0 Å². The average molecular weight is 587 g/mol. The molecule has 0 bridgehead atoms. The molecule has 0 N–H and O–H groups in total. The number of fused-ring (bicyclic) bond motifs is 3. The molecule has 0 heterocycles. The molecular weight excluding hydrogens is 548 g/mol. The molecule has 0 spiro atoms. The van der Waals surface area contributed by atoms with Crippen molar-refractivity contribution < 1.29 is 9.47 Å². The molecule has 0 fully saturated rings. The van der Waals surface area contributed by atoms with Gasteiger partial charge in [-0.15, -0.1) is 0 Å². The Morgan fingerprint density at radius 3 is 0.978 bits per heavy atom. The fraction of sp³-hybridized carbons (Fsp3) is 0.163. The van der Waals surface area contributed by atoms with Crippen molar-refractivity contribution in [3.05, 3.63) is 203 Å². The molecule has 1 aliphatic carbocycles. The van der Waals surface area contributed by atoms with Crippen LogP contribution in [0.2, 0.25) is 0 Å². The fourth-order valence-electron chi connectivity index (χ4n) is 7.06. The van der Waals surface area contributed by atoms with Crippen molar-refractivity contribution in [3.63, 3.8) is 0 Å². The van der Waals surface area contributed by atoms with E-state index in [1.807, 2.05) is 0 Å². The lowest BCUT2D eigenvalue weighted by Crippen LogP contribution is -2.30. The summed E-state index contributed by atoms with van der Waals surface area (Å²) in [6, 6.07) is 60.1. The normalized spacial score (nSPS) is 13.1. The number of benzene rings is 6. The molecule has 0 aromatic heterocycles. The third kappa shape index (κ3) is 6.00. The zero-order valence-electron chi connectivity index (χ0n) is 25.5. The number of hydrogen-bond acceptors (Lipinski definition) is 2. The maximum absolute atomic E-state index is 6.86. The van der Waals surface area contributed by atoms with Crippen molar-refractivity contribution in [2.24, 2.45) is 0 Å². The monoisotopic (exact) mass is 586 g/mol. The molecule has 2 nitrogen and oxygen atoms in total. The Labute approximate surface area is 266 Å². The summed E-state index contributed by atoms with van der Waals surface area (Å²) in [7, 11) is 0. The van der Waals surface area contributed by atoms with E-state index in [1.54, 1.807) is 0 Å². The van der Waals surface area contributed by atoms with Gasteiger partial charge in [0, 0.05) is 18.6 Å². The summed E-state index contributed by atoms with van der Waals surface area (Å²) in [6.07, 6.45) is 1.44. The highest BCUT2D eigenvalue weighted by molar-refractivity contribution is 5.81. The Bertz CT molecular complexity index is 1580. The SMILES string of the molecule is c1ccc(C(OCCC2(CCOC(c3ccccc3)c3ccccc3)c3ccccc3-c3ccccc32)c2ccccc2)cc1. The van der Waals surface area contributed by atoms with E-state index in [9.17, 15) is 0 Å². The molecule has 0 radical (unpaired) electrons. The molecular formula is C43H38O2. The molecule has 1 aliphatic rings. The van der Waals surface area contributed by atoms with Crippen LogP contribution in [0.4, 0.5) is 0 Å². The van der Waals surface area contributed by atoms with Crippen LogP contribution in [0.25, 0.3) is 11.1 Å². The molecule has 0 saturated carbocycles. The minimum atomic E-state index is -0.233. The van der Waals surface area contributed by atoms with Gasteiger partial charge in [-0.3, -0.25) is 0 Å². The zero-order chi connectivity index (χ0) is 30.3. The van der Waals surface area contributed by atoms with Crippen LogP contribution in [0.15, 0.2) is 170 Å². The molecule has 0 aliphatic heterocycles. The van der Waals surface area contributed by atoms with Crippen LogP contribution < -0.4 is 0 Å². The second kappa shape index (κ2) is 13.5. The van der Waals surface area contributed by atoms with Crippen LogP contribution in [-0.4, -0.2) is 13.2 Å². The molecule has 0 atom stereocenters. The molecule has 6 aromatic carbocycles. The second-order valence-electron chi connectivity index (χ2n) is 11.8. The number of hydrogen-bond donors (Lipinski definition) is 0. The third-order valence-electron chi connectivity index (χ3n) is 9.21. The smallest absolute Gasteiger partial charge is 0.108 e. The second-order valence-corrected chi connectivity index (χ2v) is 11.8. The van der Waals surface area contributed by atoms with E-state index in [2.05, 4.69) is 170 Å². The highest BCUT2D eigenvalue weighted by Crippen LogP contribution is 2.53. The summed E-state index contributed by atoms with van der Waals surface area (Å²) in [5.74, 6) is 0. The minimum absolute atomic E-state index is 0.131. The van der Waals surface area contributed by atoms with Crippen LogP contribution in [0.5, 0.6) is 0 Å². The molecule has 45 heavy (non-hydrogen) atoms. The topological polar surface area (TPSA) is 18.5 Å². The Balaban J connectivity index is 1.20.